The van der Waals surface area contributed by atoms with Gasteiger partial charge in [-0.05, 0) is 19.3 Å². The molecule has 8 nitrogen and oxygen atoms in total. The van der Waals surface area contributed by atoms with Crippen LogP contribution in [0.15, 0.2) is 12.2 Å². The maximum Gasteiger partial charge on any atom is 0.472 e. The van der Waals surface area contributed by atoms with Crippen molar-refractivity contribution in [3.8, 4) is 0 Å². The van der Waals surface area contributed by atoms with Gasteiger partial charge in [0.25, 0.3) is 0 Å². The van der Waals surface area contributed by atoms with Crippen LogP contribution in [0.5, 0.6) is 0 Å². The van der Waals surface area contributed by atoms with Crippen LogP contribution in [0, 0.1) is 0 Å². The molecule has 0 spiro atoms. The molecule has 0 radical (unpaired) electrons. The Hall–Kier alpha value is -0.760. The quantitative estimate of drug-likeness (QED) is 0.0280. The van der Waals surface area contributed by atoms with Gasteiger partial charge in [-0.2, -0.15) is 0 Å². The molecule has 5 N–H and O–H groups in total. The highest BCUT2D eigenvalue weighted by atomic mass is 31.2. The number of amides is 1. The van der Waals surface area contributed by atoms with E-state index < -0.39 is 20.0 Å². The van der Waals surface area contributed by atoms with Crippen molar-refractivity contribution in [2.24, 2.45) is 5.73 Å². The number of nitrogens with two attached hydrogens (primary N) is 1. The molecule has 0 aliphatic rings. The van der Waals surface area contributed by atoms with Crippen LogP contribution >= 0.6 is 7.82 Å². The lowest BCUT2D eigenvalue weighted by Gasteiger charge is -2.23. The zero-order chi connectivity index (χ0) is 36.8. The van der Waals surface area contributed by atoms with Gasteiger partial charge in [-0.15, -0.1) is 0 Å². The smallest absolute Gasteiger partial charge is 0.387 e. The lowest BCUT2D eigenvalue weighted by Crippen LogP contribution is -2.45. The Balaban J connectivity index is 4.12. The molecule has 0 aromatic carbocycles. The monoisotopic (exact) mass is 731 g/mol. The first-order valence-corrected chi connectivity index (χ1v) is 22.8. The average molecular weight is 731 g/mol. The van der Waals surface area contributed by atoms with Crippen LogP contribution in [0.25, 0.3) is 0 Å². The van der Waals surface area contributed by atoms with Gasteiger partial charge in [-0.1, -0.05) is 199 Å². The molecule has 0 rings (SSSR count). The van der Waals surface area contributed by atoms with Crippen molar-refractivity contribution >= 4 is 13.7 Å². The Bertz CT molecular complexity index is 799. The maximum absolute atomic E-state index is 12.7. The van der Waals surface area contributed by atoms with Gasteiger partial charge in [0.05, 0.1) is 25.4 Å². The number of aliphatic hydroxyl groups excluding tert-OH is 1. The molecule has 1 amide bonds. The number of allylic oxidation sites excluding steroid dienone is 1. The molecule has 0 saturated carbocycles. The summed E-state index contributed by atoms with van der Waals surface area (Å²) in [6, 6.07) is -0.853. The van der Waals surface area contributed by atoms with Crippen LogP contribution < -0.4 is 11.1 Å². The summed E-state index contributed by atoms with van der Waals surface area (Å²) in [4.78, 5) is 22.6. The molecule has 0 aromatic rings. The van der Waals surface area contributed by atoms with Crippen LogP contribution in [0.2, 0.25) is 0 Å². The molecular weight excluding hydrogens is 647 g/mol. The van der Waals surface area contributed by atoms with Crippen LogP contribution in [-0.2, 0) is 18.4 Å². The van der Waals surface area contributed by atoms with Gasteiger partial charge >= 0.3 is 7.82 Å². The molecule has 0 fully saturated rings. The Morgan fingerprint density at radius 2 is 1.02 bits per heavy atom. The highest BCUT2D eigenvalue weighted by molar-refractivity contribution is 7.47. The van der Waals surface area contributed by atoms with Gasteiger partial charge in [0.15, 0.2) is 0 Å². The first kappa shape index (κ1) is 49.2. The second-order valence-electron chi connectivity index (χ2n) is 14.6. The van der Waals surface area contributed by atoms with Crippen molar-refractivity contribution in [3.05, 3.63) is 12.2 Å². The first-order chi connectivity index (χ1) is 24.4. The summed E-state index contributed by atoms with van der Waals surface area (Å²) in [7, 11) is -4.33. The Morgan fingerprint density at radius 3 is 1.42 bits per heavy atom. The molecule has 0 aliphatic carbocycles. The summed E-state index contributed by atoms with van der Waals surface area (Å²) in [6.07, 6.45) is 41.2. The van der Waals surface area contributed by atoms with Gasteiger partial charge < -0.3 is 21.1 Å². The van der Waals surface area contributed by atoms with Gasteiger partial charge in [0.2, 0.25) is 5.91 Å². The third-order valence-electron chi connectivity index (χ3n) is 9.61. The summed E-state index contributed by atoms with van der Waals surface area (Å²) in [6.45, 7) is 4.13. The molecule has 298 valence electrons. The fourth-order valence-corrected chi connectivity index (χ4v) is 7.13. The fraction of sp³-hybridized carbons (Fsp3) is 0.927. The van der Waals surface area contributed by atoms with E-state index in [2.05, 4.69) is 19.2 Å². The molecule has 0 aromatic heterocycles. The zero-order valence-electron chi connectivity index (χ0n) is 32.9. The summed E-state index contributed by atoms with van der Waals surface area (Å²) in [5.41, 5.74) is 5.36. The molecule has 0 heterocycles. The standard InChI is InChI=1S/C41H83N2O6P/c1-3-5-7-9-11-13-15-16-17-18-19-20-21-22-23-24-25-26-28-30-32-34-40(44)39(38-49-50(46,47)48-37-36-42)43-41(45)35-33-31-29-27-14-12-10-8-6-4-2/h32,34,39-40,44H,3-31,33,35-38,42H2,1-2H3,(H,43,45)(H,46,47)/b34-32+. The van der Waals surface area contributed by atoms with E-state index in [9.17, 15) is 19.4 Å². The van der Waals surface area contributed by atoms with Crippen LogP contribution in [0.1, 0.15) is 213 Å². The van der Waals surface area contributed by atoms with Crippen molar-refractivity contribution < 1.29 is 28.4 Å². The third kappa shape index (κ3) is 35.6. The largest absolute Gasteiger partial charge is 0.472 e. The Kier molecular flexibility index (Phi) is 37.4. The van der Waals surface area contributed by atoms with E-state index >= 15 is 0 Å². The highest BCUT2D eigenvalue weighted by Crippen LogP contribution is 2.43. The van der Waals surface area contributed by atoms with Crippen molar-refractivity contribution in [3.63, 3.8) is 0 Å². The number of phosphoric ester groups is 1. The van der Waals surface area contributed by atoms with Crippen LogP contribution in [0.3, 0.4) is 0 Å². The second-order valence-corrected chi connectivity index (χ2v) is 16.0. The minimum Gasteiger partial charge on any atom is -0.387 e. The number of hydrogen-bond donors (Lipinski definition) is 4. The van der Waals surface area contributed by atoms with E-state index in [4.69, 9.17) is 14.8 Å². The molecule has 0 bridgehead atoms. The predicted octanol–water partition coefficient (Wildman–Crippen LogP) is 11.6. The van der Waals surface area contributed by atoms with E-state index in [0.717, 1.165) is 38.5 Å². The number of unbranched alkanes of at least 4 members (excludes halogenated alkanes) is 28. The topological polar surface area (TPSA) is 131 Å². The number of phosphoric acid groups is 1. The fourth-order valence-electron chi connectivity index (χ4n) is 6.37. The van der Waals surface area contributed by atoms with Gasteiger partial charge in [-0.3, -0.25) is 13.8 Å². The molecule has 0 saturated heterocycles. The average Bonchev–Trinajstić information content (AvgIpc) is 3.10. The van der Waals surface area contributed by atoms with Crippen LogP contribution in [0.4, 0.5) is 0 Å². The summed E-state index contributed by atoms with van der Waals surface area (Å²) < 4.78 is 22.1. The molecule has 3 atom stereocenters. The van der Waals surface area contributed by atoms with E-state index in [1.54, 1.807) is 6.08 Å². The number of rotatable bonds is 40. The molecule has 50 heavy (non-hydrogen) atoms. The van der Waals surface area contributed by atoms with E-state index in [1.807, 2.05) is 6.08 Å². The van der Waals surface area contributed by atoms with Gasteiger partial charge in [0, 0.05) is 13.0 Å². The minimum absolute atomic E-state index is 0.0811. The molecule has 0 aliphatic heterocycles. The Morgan fingerprint density at radius 1 is 0.640 bits per heavy atom. The molecule has 9 heteroatoms. The molecular formula is C41H83N2O6P. The first-order valence-electron chi connectivity index (χ1n) is 21.3. The van der Waals surface area contributed by atoms with E-state index in [-0.39, 0.29) is 25.7 Å². The van der Waals surface area contributed by atoms with E-state index in [1.165, 1.54) is 154 Å². The van der Waals surface area contributed by atoms with Crippen molar-refractivity contribution in [2.45, 2.75) is 225 Å². The third-order valence-corrected chi connectivity index (χ3v) is 10.6. The van der Waals surface area contributed by atoms with Gasteiger partial charge in [-0.25, -0.2) is 4.57 Å². The number of aliphatic hydroxyl groups is 1. The number of nitrogens with one attached hydrogen (secondary N) is 1. The maximum atomic E-state index is 12.7. The van der Waals surface area contributed by atoms with Crippen molar-refractivity contribution in [1.29, 1.82) is 0 Å². The lowest BCUT2D eigenvalue weighted by molar-refractivity contribution is -0.123. The highest BCUT2D eigenvalue weighted by Gasteiger charge is 2.26. The summed E-state index contributed by atoms with van der Waals surface area (Å²) in [5, 5.41) is 13.6. The predicted molar refractivity (Wildman–Crippen MR) is 212 cm³/mol. The number of carbonyl (C=O) groups excluding carboxylic acids is 1. The van der Waals surface area contributed by atoms with Crippen molar-refractivity contribution in [1.82, 2.24) is 5.32 Å². The number of hydrogen-bond acceptors (Lipinski definition) is 6. The van der Waals surface area contributed by atoms with Gasteiger partial charge in [0.1, 0.15) is 0 Å². The van der Waals surface area contributed by atoms with Crippen molar-refractivity contribution in [2.75, 3.05) is 19.8 Å². The van der Waals surface area contributed by atoms with E-state index in [0.29, 0.717) is 6.42 Å². The lowest BCUT2D eigenvalue weighted by atomic mass is 10.0. The second kappa shape index (κ2) is 38.0. The zero-order valence-corrected chi connectivity index (χ0v) is 33.8. The normalized spacial score (nSPS) is 14.3. The molecule has 3 unspecified atom stereocenters. The number of carbonyl (C=O) groups is 1. The SMILES string of the molecule is CCCCCCCCCCCCCCCCCCCCC/C=C/C(O)C(COP(=O)(O)OCCN)NC(=O)CCCCCCCCCCCC. The summed E-state index contributed by atoms with van der Waals surface area (Å²) >= 11 is 0. The van der Waals surface area contributed by atoms with Crippen LogP contribution in [-0.4, -0.2) is 47.8 Å². The summed E-state index contributed by atoms with van der Waals surface area (Å²) in [5.74, 6) is -0.194. The Labute approximate surface area is 309 Å². The minimum atomic E-state index is -4.33.